The molecule has 1 atom stereocenters. The van der Waals surface area contributed by atoms with Crippen LogP contribution in [0.5, 0.6) is 0 Å². The number of carbonyl (C=O) groups excluding carboxylic acids is 4. The molecule has 0 aliphatic heterocycles. The quantitative estimate of drug-likeness (QED) is 0.0738. The van der Waals surface area contributed by atoms with E-state index in [0.717, 1.165) is 37.7 Å². The van der Waals surface area contributed by atoms with Gasteiger partial charge in [-0.1, -0.05) is 113 Å². The van der Waals surface area contributed by atoms with Gasteiger partial charge < -0.3 is 20.1 Å². The first-order valence-corrected chi connectivity index (χ1v) is 22.0. The molecule has 14 heteroatoms. The van der Waals surface area contributed by atoms with Crippen LogP contribution >= 0.6 is 0 Å². The lowest BCUT2D eigenvalue weighted by Gasteiger charge is -2.23. The Labute approximate surface area is 361 Å². The van der Waals surface area contributed by atoms with E-state index >= 15 is 0 Å². The molecule has 0 aromatic heterocycles. The van der Waals surface area contributed by atoms with Crippen molar-refractivity contribution in [3.8, 4) is 12.1 Å². The number of hydrogen-bond acceptors (Lipinski definition) is 10. The van der Waals surface area contributed by atoms with Gasteiger partial charge in [0.05, 0.1) is 18.7 Å². The highest BCUT2D eigenvalue weighted by Crippen LogP contribution is 2.35. The predicted octanol–water partition coefficient (Wildman–Crippen LogP) is 8.02. The zero-order chi connectivity index (χ0) is 43.9. The summed E-state index contributed by atoms with van der Waals surface area (Å²) in [5, 5.41) is 28.9. The van der Waals surface area contributed by atoms with Crippen molar-refractivity contribution in [1.29, 1.82) is 10.5 Å². The zero-order valence-corrected chi connectivity index (χ0v) is 36.2. The first kappa shape index (κ1) is 47.9. The van der Waals surface area contributed by atoms with Gasteiger partial charge in [-0.2, -0.15) is 10.5 Å². The molecule has 0 saturated heterocycles. The summed E-state index contributed by atoms with van der Waals surface area (Å²) in [5.41, 5.74) is 0.472. The van der Waals surface area contributed by atoms with Crippen LogP contribution in [-0.4, -0.2) is 73.1 Å². The van der Waals surface area contributed by atoms with Gasteiger partial charge in [0.2, 0.25) is 11.8 Å². The molecule has 328 valence electrons. The Hall–Kier alpha value is -5.76. The fourth-order valence-corrected chi connectivity index (χ4v) is 7.48. The molecule has 1 unspecified atom stereocenters. The van der Waals surface area contributed by atoms with Gasteiger partial charge in [-0.05, 0) is 76.0 Å². The maximum atomic E-state index is 13.1. The first-order valence-electron chi connectivity index (χ1n) is 22.0. The molecule has 3 aliphatic carbocycles. The van der Waals surface area contributed by atoms with Crippen molar-refractivity contribution in [2.75, 3.05) is 19.7 Å². The molecule has 61 heavy (non-hydrogen) atoms. The number of amidine groups is 2. The third-order valence-corrected chi connectivity index (χ3v) is 11.2. The number of aliphatic imine (C=N–C) groups is 2. The standard InChI is InChI=1S/C24H32N4O3.C23H32N4O3/c1-2-31-23(30)27-21(19-11-7-4-8-12-19)26-20(14-13-18-9-5-3-6-10-18)22(29)28-24(17-25)15-16-24;1-23(2,17-20(28)25-16-14-24)13-15-26-21(18-9-5-3-6-10-18)27-22(29)30-19-11-7-4-8-12-19/h4,7-8,11-12,18,20H,2-3,5-6,9-10,13-16H2,1H3,(H,28,29)(H,26,27,30);3,5-6,9-10,19H,4,7-8,11-13,15-17H2,1-2H3,(H,25,28)(H,26,27,29). The number of alkyl carbamates (subject to hydrolysis) is 2. The van der Waals surface area contributed by atoms with Gasteiger partial charge in [-0.25, -0.2) is 9.59 Å². The van der Waals surface area contributed by atoms with Crippen molar-refractivity contribution in [2.45, 2.75) is 141 Å². The molecule has 3 fully saturated rings. The van der Waals surface area contributed by atoms with E-state index in [2.05, 4.69) is 37.3 Å². The maximum Gasteiger partial charge on any atom is 0.413 e. The van der Waals surface area contributed by atoms with Gasteiger partial charge >= 0.3 is 12.2 Å². The molecule has 4 N–H and O–H groups in total. The van der Waals surface area contributed by atoms with Gasteiger partial charge in [-0.15, -0.1) is 0 Å². The largest absolute Gasteiger partial charge is 0.450 e. The van der Waals surface area contributed by atoms with E-state index in [1.165, 1.54) is 38.5 Å². The third-order valence-electron chi connectivity index (χ3n) is 11.2. The lowest BCUT2D eigenvalue weighted by molar-refractivity contribution is -0.123. The molecular weight excluding hydrogens is 773 g/mol. The first-order chi connectivity index (χ1) is 29.4. The molecule has 0 spiro atoms. The molecule has 3 saturated carbocycles. The van der Waals surface area contributed by atoms with Crippen molar-refractivity contribution in [3.05, 3.63) is 71.8 Å². The fraction of sp³-hybridized carbons (Fsp3) is 0.574. The Morgan fingerprint density at radius 1 is 0.836 bits per heavy atom. The van der Waals surface area contributed by atoms with Crippen LogP contribution in [0.2, 0.25) is 0 Å². The Bertz CT molecular complexity index is 1850. The highest BCUT2D eigenvalue weighted by Gasteiger charge is 2.45. The van der Waals surface area contributed by atoms with Crippen LogP contribution in [0, 0.1) is 34.0 Å². The molecule has 3 aliphatic rings. The average Bonchev–Trinajstić information content (AvgIpc) is 4.04. The van der Waals surface area contributed by atoms with Crippen molar-refractivity contribution < 1.29 is 28.7 Å². The number of ether oxygens (including phenoxy) is 2. The topological polar surface area (TPSA) is 207 Å². The molecule has 0 bridgehead atoms. The number of nitriles is 2. The lowest BCUT2D eigenvalue weighted by Crippen LogP contribution is -2.43. The van der Waals surface area contributed by atoms with Gasteiger partial charge in [0.1, 0.15) is 35.9 Å². The maximum absolute atomic E-state index is 13.1. The summed E-state index contributed by atoms with van der Waals surface area (Å²) in [6, 6.07) is 22.1. The Morgan fingerprint density at radius 3 is 2.00 bits per heavy atom. The molecule has 0 heterocycles. The van der Waals surface area contributed by atoms with Crippen molar-refractivity contribution in [1.82, 2.24) is 21.3 Å². The lowest BCUT2D eigenvalue weighted by atomic mass is 9.85. The molecule has 0 radical (unpaired) electrons. The van der Waals surface area contributed by atoms with E-state index in [1.807, 2.05) is 80.6 Å². The summed E-state index contributed by atoms with van der Waals surface area (Å²) < 4.78 is 10.6. The van der Waals surface area contributed by atoms with E-state index in [0.29, 0.717) is 61.8 Å². The van der Waals surface area contributed by atoms with Gasteiger partial charge in [-0.3, -0.25) is 30.2 Å². The third kappa shape index (κ3) is 17.8. The number of hydrogen-bond donors (Lipinski definition) is 4. The molecule has 2 aromatic rings. The second-order valence-electron chi connectivity index (χ2n) is 16.9. The second kappa shape index (κ2) is 25.1. The summed E-state index contributed by atoms with van der Waals surface area (Å²) in [5.74, 6) is 0.978. The molecule has 14 nitrogen and oxygen atoms in total. The summed E-state index contributed by atoms with van der Waals surface area (Å²) in [4.78, 5) is 58.8. The summed E-state index contributed by atoms with van der Waals surface area (Å²) in [6.45, 7) is 6.41. The number of nitrogens with one attached hydrogen (secondary N) is 4. The van der Waals surface area contributed by atoms with E-state index < -0.39 is 23.8 Å². The van der Waals surface area contributed by atoms with Gasteiger partial charge in [0.15, 0.2) is 0 Å². The Morgan fingerprint density at radius 2 is 1.43 bits per heavy atom. The monoisotopic (exact) mass is 836 g/mol. The van der Waals surface area contributed by atoms with Crippen LogP contribution in [-0.2, 0) is 19.1 Å². The second-order valence-corrected chi connectivity index (χ2v) is 16.9. The molecule has 5 rings (SSSR count). The average molecular weight is 837 g/mol. The number of carbonyl (C=O) groups is 4. The predicted molar refractivity (Wildman–Crippen MR) is 234 cm³/mol. The summed E-state index contributed by atoms with van der Waals surface area (Å²) in [6.07, 6.45) is 14.0. The van der Waals surface area contributed by atoms with Crippen molar-refractivity contribution in [2.24, 2.45) is 21.3 Å². The van der Waals surface area contributed by atoms with Crippen LogP contribution in [0.15, 0.2) is 70.6 Å². The fourth-order valence-electron chi connectivity index (χ4n) is 7.48. The van der Waals surface area contributed by atoms with Crippen LogP contribution in [0.3, 0.4) is 0 Å². The van der Waals surface area contributed by atoms with E-state index in [-0.39, 0.29) is 36.5 Å². The van der Waals surface area contributed by atoms with Crippen molar-refractivity contribution >= 4 is 35.7 Å². The Balaban J connectivity index is 0.000000269. The molecular formula is C47H64N8O6. The molecule has 4 amide bonds. The van der Waals surface area contributed by atoms with Crippen LogP contribution in [0.1, 0.15) is 135 Å². The van der Waals surface area contributed by atoms with Crippen molar-refractivity contribution in [3.63, 3.8) is 0 Å². The number of benzene rings is 2. The van der Waals surface area contributed by atoms with E-state index in [4.69, 9.17) is 14.7 Å². The SMILES string of the molecule is CC(C)(CCN=C(NC(=O)OC1CCCCC1)c1ccccc1)CC(=O)NCC#N.CCOC(=O)NC(=NC(CCC1CCCCC1)C(=O)NC1(C#N)CC1)c1ccccc1. The molecule has 2 aromatic carbocycles. The Kier molecular flexibility index (Phi) is 19.7. The van der Waals surface area contributed by atoms with E-state index in [9.17, 15) is 24.4 Å². The van der Waals surface area contributed by atoms with Gasteiger partial charge in [0.25, 0.3) is 0 Å². The number of rotatable bonds is 16. The minimum atomic E-state index is -0.753. The van der Waals surface area contributed by atoms with E-state index in [1.54, 1.807) is 6.92 Å². The number of nitrogens with zero attached hydrogens (tertiary/aromatic N) is 4. The highest BCUT2D eigenvalue weighted by molar-refractivity contribution is 6.07. The van der Waals surface area contributed by atoms with Crippen LogP contribution in [0.25, 0.3) is 0 Å². The normalized spacial score (nSPS) is 17.1. The minimum absolute atomic E-state index is 0.0121. The minimum Gasteiger partial charge on any atom is -0.450 e. The van der Waals surface area contributed by atoms with Crippen LogP contribution in [0.4, 0.5) is 9.59 Å². The smallest absolute Gasteiger partial charge is 0.413 e. The summed E-state index contributed by atoms with van der Waals surface area (Å²) in [7, 11) is 0. The van der Waals surface area contributed by atoms with Gasteiger partial charge in [0, 0.05) is 24.1 Å². The number of amides is 4. The highest BCUT2D eigenvalue weighted by atomic mass is 16.6. The zero-order valence-electron chi connectivity index (χ0n) is 36.2. The summed E-state index contributed by atoms with van der Waals surface area (Å²) >= 11 is 0. The van der Waals surface area contributed by atoms with Crippen LogP contribution < -0.4 is 21.3 Å².